The van der Waals surface area contributed by atoms with Gasteiger partial charge in [-0.1, -0.05) is 6.92 Å². The zero-order valence-electron chi connectivity index (χ0n) is 13.0. The molecule has 2 saturated heterocycles. The minimum absolute atomic E-state index is 0.246. The number of nitrogens with zero attached hydrogens (tertiary/aromatic N) is 2. The van der Waals surface area contributed by atoms with E-state index in [1.165, 1.54) is 0 Å². The van der Waals surface area contributed by atoms with Gasteiger partial charge in [0.25, 0.3) is 0 Å². The summed E-state index contributed by atoms with van der Waals surface area (Å²) in [7, 11) is -3.15. The highest BCUT2D eigenvalue weighted by Crippen LogP contribution is 2.22. The van der Waals surface area contributed by atoms with Crippen LogP contribution in [0.3, 0.4) is 0 Å². The van der Waals surface area contributed by atoms with E-state index in [9.17, 15) is 8.42 Å². The minimum atomic E-state index is -3.15. The highest BCUT2D eigenvalue weighted by atomic mass is 32.2. The van der Waals surface area contributed by atoms with Crippen LogP contribution in [0.5, 0.6) is 0 Å². The molecule has 0 radical (unpaired) electrons. The maximum absolute atomic E-state index is 12.6. The summed E-state index contributed by atoms with van der Waals surface area (Å²) in [5, 5.41) is -0.246. The van der Waals surface area contributed by atoms with E-state index in [4.69, 9.17) is 10.5 Å². The highest BCUT2D eigenvalue weighted by Gasteiger charge is 2.35. The van der Waals surface area contributed by atoms with Crippen molar-refractivity contribution in [3.05, 3.63) is 0 Å². The second-order valence-electron chi connectivity index (χ2n) is 5.93. The van der Waals surface area contributed by atoms with Crippen molar-refractivity contribution in [3.8, 4) is 0 Å². The van der Waals surface area contributed by atoms with Crippen LogP contribution < -0.4 is 5.73 Å². The molecule has 0 aromatic rings. The lowest BCUT2D eigenvalue weighted by Gasteiger charge is -2.40. The predicted octanol–water partition coefficient (Wildman–Crippen LogP) is 0.240. The van der Waals surface area contributed by atoms with Gasteiger partial charge in [-0.05, 0) is 32.2 Å². The molecule has 0 saturated carbocycles. The second-order valence-corrected chi connectivity index (χ2v) is 8.14. The fraction of sp³-hybridized carbons (Fsp3) is 1.00. The van der Waals surface area contributed by atoms with E-state index in [1.807, 2.05) is 0 Å². The molecule has 0 aromatic heterocycles. The Hall–Kier alpha value is -0.210. The average Bonchev–Trinajstić information content (AvgIpc) is 2.53. The van der Waals surface area contributed by atoms with Crippen LogP contribution in [0.4, 0.5) is 0 Å². The summed E-state index contributed by atoms with van der Waals surface area (Å²) in [5.41, 5.74) is 5.66. The number of sulfonamides is 1. The Balaban J connectivity index is 1.90. The van der Waals surface area contributed by atoms with Crippen LogP contribution >= 0.6 is 0 Å². The van der Waals surface area contributed by atoms with Gasteiger partial charge in [-0.15, -0.1) is 0 Å². The molecule has 0 spiro atoms. The first-order valence-electron chi connectivity index (χ1n) is 8.10. The Morgan fingerprint density at radius 1 is 1.19 bits per heavy atom. The van der Waals surface area contributed by atoms with Crippen LogP contribution in [-0.2, 0) is 14.8 Å². The van der Waals surface area contributed by atoms with Crippen molar-refractivity contribution in [2.75, 3.05) is 45.9 Å². The monoisotopic (exact) mass is 319 g/mol. The zero-order chi connectivity index (χ0) is 15.3. The molecule has 2 N–H and O–H groups in total. The van der Waals surface area contributed by atoms with Crippen molar-refractivity contribution >= 4 is 10.0 Å². The third-order valence-corrected chi connectivity index (χ3v) is 7.11. The summed E-state index contributed by atoms with van der Waals surface area (Å²) in [6, 6.07) is 0.489. The van der Waals surface area contributed by atoms with Crippen molar-refractivity contribution in [2.24, 2.45) is 5.73 Å². The van der Waals surface area contributed by atoms with Crippen molar-refractivity contribution in [3.63, 3.8) is 0 Å². The molecular formula is C14H29N3O3S. The molecule has 21 heavy (non-hydrogen) atoms. The second kappa shape index (κ2) is 7.87. The molecular weight excluding hydrogens is 290 g/mol. The third-order valence-electron chi connectivity index (χ3n) is 4.71. The van der Waals surface area contributed by atoms with Gasteiger partial charge in [-0.25, -0.2) is 8.42 Å². The van der Waals surface area contributed by atoms with Gasteiger partial charge in [-0.3, -0.25) is 4.90 Å². The molecule has 7 heteroatoms. The number of piperazine rings is 1. The molecule has 0 aliphatic carbocycles. The molecule has 6 nitrogen and oxygen atoms in total. The Morgan fingerprint density at radius 2 is 1.81 bits per heavy atom. The number of hydrogen-bond donors (Lipinski definition) is 1. The molecule has 0 aromatic carbocycles. The van der Waals surface area contributed by atoms with Gasteiger partial charge < -0.3 is 10.5 Å². The standard InChI is InChI=1S/C14H29N3O3S/c1-2-13(3-6-15)16-7-9-17(10-8-16)21(18,19)14-4-11-20-12-5-14/h13-14H,2-12,15H2,1H3. The molecule has 1 unspecified atom stereocenters. The lowest BCUT2D eigenvalue weighted by molar-refractivity contribution is 0.0947. The quantitative estimate of drug-likeness (QED) is 0.759. The summed E-state index contributed by atoms with van der Waals surface area (Å²) in [6.45, 7) is 6.87. The van der Waals surface area contributed by atoms with Crippen LogP contribution in [0.15, 0.2) is 0 Å². The number of nitrogens with two attached hydrogens (primary N) is 1. The van der Waals surface area contributed by atoms with Gasteiger partial charge in [-0.2, -0.15) is 4.31 Å². The van der Waals surface area contributed by atoms with Crippen LogP contribution in [0.25, 0.3) is 0 Å². The van der Waals surface area contributed by atoms with Crippen molar-refractivity contribution in [2.45, 2.75) is 43.9 Å². The van der Waals surface area contributed by atoms with E-state index >= 15 is 0 Å². The van der Waals surface area contributed by atoms with E-state index in [1.54, 1.807) is 4.31 Å². The van der Waals surface area contributed by atoms with E-state index in [2.05, 4.69) is 11.8 Å². The van der Waals surface area contributed by atoms with E-state index < -0.39 is 10.0 Å². The molecule has 124 valence electrons. The van der Waals surface area contributed by atoms with Gasteiger partial charge in [0.05, 0.1) is 5.25 Å². The number of hydrogen-bond acceptors (Lipinski definition) is 5. The van der Waals surface area contributed by atoms with Crippen molar-refractivity contribution < 1.29 is 13.2 Å². The minimum Gasteiger partial charge on any atom is -0.381 e. The molecule has 0 amide bonds. The lowest BCUT2D eigenvalue weighted by atomic mass is 10.1. The molecule has 2 heterocycles. The maximum atomic E-state index is 12.6. The third kappa shape index (κ3) is 4.16. The molecule has 2 aliphatic heterocycles. The summed E-state index contributed by atoms with van der Waals surface area (Å²) >= 11 is 0. The largest absolute Gasteiger partial charge is 0.381 e. The van der Waals surface area contributed by atoms with Gasteiger partial charge in [0, 0.05) is 45.4 Å². The fourth-order valence-electron chi connectivity index (χ4n) is 3.35. The van der Waals surface area contributed by atoms with Crippen molar-refractivity contribution in [1.82, 2.24) is 9.21 Å². The van der Waals surface area contributed by atoms with Crippen LogP contribution in [0.2, 0.25) is 0 Å². The summed E-state index contributed by atoms with van der Waals surface area (Å²) < 4.78 is 32.2. The first-order valence-corrected chi connectivity index (χ1v) is 9.60. The fourth-order valence-corrected chi connectivity index (χ4v) is 5.23. The first-order chi connectivity index (χ1) is 10.1. The molecule has 2 aliphatic rings. The van der Waals surface area contributed by atoms with Crippen LogP contribution in [0.1, 0.15) is 32.6 Å². The van der Waals surface area contributed by atoms with E-state index in [0.29, 0.717) is 51.7 Å². The topological polar surface area (TPSA) is 75.9 Å². The molecule has 0 bridgehead atoms. The molecule has 1 atom stereocenters. The highest BCUT2D eigenvalue weighted by molar-refractivity contribution is 7.89. The van der Waals surface area contributed by atoms with E-state index in [0.717, 1.165) is 25.9 Å². The summed E-state index contributed by atoms with van der Waals surface area (Å²) in [5.74, 6) is 0. The summed E-state index contributed by atoms with van der Waals surface area (Å²) in [4.78, 5) is 2.39. The number of rotatable bonds is 6. The zero-order valence-corrected chi connectivity index (χ0v) is 13.9. The predicted molar refractivity (Wildman–Crippen MR) is 83.7 cm³/mol. The SMILES string of the molecule is CCC(CCN)N1CCN(S(=O)(=O)C2CCOCC2)CC1. The Kier molecular flexibility index (Phi) is 6.43. The number of ether oxygens (including phenoxy) is 1. The maximum Gasteiger partial charge on any atom is 0.217 e. The lowest BCUT2D eigenvalue weighted by Crippen LogP contribution is -2.54. The Morgan fingerprint density at radius 3 is 2.33 bits per heavy atom. The molecule has 2 rings (SSSR count). The van der Waals surface area contributed by atoms with Crippen LogP contribution in [-0.4, -0.2) is 74.9 Å². The summed E-state index contributed by atoms with van der Waals surface area (Å²) in [6.07, 6.45) is 3.33. The molecule has 2 fully saturated rings. The van der Waals surface area contributed by atoms with Gasteiger partial charge in [0.15, 0.2) is 0 Å². The van der Waals surface area contributed by atoms with Crippen LogP contribution in [0, 0.1) is 0 Å². The normalized spacial score (nSPS) is 25.0. The Labute approximate surface area is 128 Å². The Bertz CT molecular complexity index is 402. The van der Waals surface area contributed by atoms with E-state index in [-0.39, 0.29) is 5.25 Å². The average molecular weight is 319 g/mol. The smallest absolute Gasteiger partial charge is 0.217 e. The van der Waals surface area contributed by atoms with Gasteiger partial charge >= 0.3 is 0 Å². The first kappa shape index (κ1) is 17.1. The van der Waals surface area contributed by atoms with Gasteiger partial charge in [0.1, 0.15) is 0 Å². The van der Waals surface area contributed by atoms with Crippen molar-refractivity contribution in [1.29, 1.82) is 0 Å². The van der Waals surface area contributed by atoms with Gasteiger partial charge in [0.2, 0.25) is 10.0 Å².